The highest BCUT2D eigenvalue weighted by atomic mass is 19.4. The van der Waals surface area contributed by atoms with Gasteiger partial charge in [-0.15, -0.1) is 0 Å². The molecule has 120 valence electrons. The zero-order chi connectivity index (χ0) is 17.0. The van der Waals surface area contributed by atoms with E-state index in [1.165, 1.54) is 44.5 Å². The van der Waals surface area contributed by atoms with Crippen molar-refractivity contribution < 1.29 is 22.7 Å². The molecule has 0 atom stereocenters. The number of rotatable bonds is 3. The molecule has 23 heavy (non-hydrogen) atoms. The second kappa shape index (κ2) is 6.55. The maximum absolute atomic E-state index is 12.9. The number of carbonyl (C=O) groups excluding carboxylic acids is 1. The first kappa shape index (κ1) is 16.6. The Morgan fingerprint density at radius 3 is 2.65 bits per heavy atom. The Hall–Kier alpha value is -2.77. The van der Waals surface area contributed by atoms with Crippen LogP contribution in [-0.4, -0.2) is 28.0 Å². The molecule has 8 heteroatoms. The van der Waals surface area contributed by atoms with E-state index in [4.69, 9.17) is 0 Å². The lowest BCUT2D eigenvalue weighted by atomic mass is 10.1. The number of carbonyl (C=O) groups is 1. The molecule has 2 rings (SSSR count). The first-order chi connectivity index (χ1) is 10.8. The maximum atomic E-state index is 12.9. The highest BCUT2D eigenvalue weighted by Gasteiger charge is 2.34. The fourth-order valence-corrected chi connectivity index (χ4v) is 1.78. The SMILES string of the molecule is COC(=O)c1ccnc(/C=C/c2nc(C)ncc2C(F)(F)F)c1. The summed E-state index contributed by atoms with van der Waals surface area (Å²) in [6.45, 7) is 1.49. The summed E-state index contributed by atoms with van der Waals surface area (Å²) >= 11 is 0. The van der Waals surface area contributed by atoms with Crippen LogP contribution in [0.4, 0.5) is 13.2 Å². The summed E-state index contributed by atoms with van der Waals surface area (Å²) in [6, 6.07) is 2.85. The van der Waals surface area contributed by atoms with Crippen molar-refractivity contribution >= 4 is 18.1 Å². The van der Waals surface area contributed by atoms with E-state index in [1.807, 2.05) is 0 Å². The first-order valence-corrected chi connectivity index (χ1v) is 6.44. The van der Waals surface area contributed by atoms with E-state index in [9.17, 15) is 18.0 Å². The topological polar surface area (TPSA) is 65.0 Å². The predicted octanol–water partition coefficient (Wildman–Crippen LogP) is 3.16. The molecule has 0 unspecified atom stereocenters. The number of ether oxygens (including phenoxy) is 1. The third kappa shape index (κ3) is 4.12. The van der Waals surface area contributed by atoms with Crippen LogP contribution in [0.1, 0.15) is 33.1 Å². The van der Waals surface area contributed by atoms with Gasteiger partial charge in [0.1, 0.15) is 5.82 Å². The van der Waals surface area contributed by atoms with E-state index in [2.05, 4.69) is 19.7 Å². The molecule has 0 aromatic carbocycles. The fourth-order valence-electron chi connectivity index (χ4n) is 1.78. The van der Waals surface area contributed by atoms with Crippen molar-refractivity contribution in [3.8, 4) is 0 Å². The molecule has 0 N–H and O–H groups in total. The van der Waals surface area contributed by atoms with Crippen molar-refractivity contribution in [2.45, 2.75) is 13.1 Å². The summed E-state index contributed by atoms with van der Waals surface area (Å²) in [6.07, 6.45) is 0.0567. The van der Waals surface area contributed by atoms with Gasteiger partial charge in [-0.25, -0.2) is 14.8 Å². The van der Waals surface area contributed by atoms with Crippen molar-refractivity contribution in [2.75, 3.05) is 7.11 Å². The van der Waals surface area contributed by atoms with Crippen molar-refractivity contribution in [1.82, 2.24) is 15.0 Å². The number of hydrogen-bond donors (Lipinski definition) is 0. The number of esters is 1. The number of alkyl halides is 3. The minimum absolute atomic E-state index is 0.217. The molecule has 5 nitrogen and oxygen atoms in total. The number of methoxy groups -OCH3 is 1. The Balaban J connectivity index is 2.37. The zero-order valence-corrected chi connectivity index (χ0v) is 12.3. The molecular formula is C15H12F3N3O2. The molecule has 2 aromatic heterocycles. The normalized spacial score (nSPS) is 11.7. The van der Waals surface area contributed by atoms with Gasteiger partial charge in [-0.1, -0.05) is 0 Å². The number of nitrogens with zero attached hydrogens (tertiary/aromatic N) is 3. The van der Waals surface area contributed by atoms with Crippen LogP contribution in [0.3, 0.4) is 0 Å². The number of aromatic nitrogens is 3. The lowest BCUT2D eigenvalue weighted by Crippen LogP contribution is -2.10. The van der Waals surface area contributed by atoms with Gasteiger partial charge < -0.3 is 4.74 Å². The smallest absolute Gasteiger partial charge is 0.419 e. The van der Waals surface area contributed by atoms with E-state index in [1.54, 1.807) is 0 Å². The maximum Gasteiger partial charge on any atom is 0.419 e. The van der Waals surface area contributed by atoms with Crippen molar-refractivity contribution in [1.29, 1.82) is 0 Å². The van der Waals surface area contributed by atoms with Crippen LogP contribution < -0.4 is 0 Å². The lowest BCUT2D eigenvalue weighted by Gasteiger charge is -2.09. The van der Waals surface area contributed by atoms with Crippen LogP contribution in [0.5, 0.6) is 0 Å². The Kier molecular flexibility index (Phi) is 4.73. The van der Waals surface area contributed by atoms with Gasteiger partial charge in [0.05, 0.1) is 29.6 Å². The molecule has 2 aromatic rings. The molecule has 0 saturated carbocycles. The first-order valence-electron chi connectivity index (χ1n) is 6.44. The van der Waals surface area contributed by atoms with Crippen LogP contribution >= 0.6 is 0 Å². The van der Waals surface area contributed by atoms with Gasteiger partial charge in [-0.3, -0.25) is 4.98 Å². The third-order valence-electron chi connectivity index (χ3n) is 2.86. The van der Waals surface area contributed by atoms with E-state index < -0.39 is 17.7 Å². The number of pyridine rings is 1. The summed E-state index contributed by atoms with van der Waals surface area (Å²) in [5, 5.41) is 0. The molecule has 0 amide bonds. The minimum atomic E-state index is -4.56. The van der Waals surface area contributed by atoms with Crippen LogP contribution in [0.15, 0.2) is 24.5 Å². The minimum Gasteiger partial charge on any atom is -0.465 e. The molecule has 0 aliphatic carbocycles. The Bertz CT molecular complexity index is 758. The molecule has 0 spiro atoms. The highest BCUT2D eigenvalue weighted by Crippen LogP contribution is 2.31. The molecular weight excluding hydrogens is 311 g/mol. The molecule has 0 bridgehead atoms. The Morgan fingerprint density at radius 2 is 2.00 bits per heavy atom. The monoisotopic (exact) mass is 323 g/mol. The third-order valence-corrected chi connectivity index (χ3v) is 2.86. The summed E-state index contributed by atoms with van der Waals surface area (Å²) in [7, 11) is 1.23. The van der Waals surface area contributed by atoms with Crippen LogP contribution in [0, 0.1) is 6.92 Å². The molecule has 0 aliphatic heterocycles. The lowest BCUT2D eigenvalue weighted by molar-refractivity contribution is -0.138. The second-order valence-electron chi connectivity index (χ2n) is 4.51. The Labute approximate surface area is 129 Å². The molecule has 0 fully saturated rings. The summed E-state index contributed by atoms with van der Waals surface area (Å²) in [5.41, 5.74) is -0.659. The summed E-state index contributed by atoms with van der Waals surface area (Å²) < 4.78 is 43.4. The number of aryl methyl sites for hydroxylation is 1. The molecule has 0 aliphatic rings. The van der Waals surface area contributed by atoms with Gasteiger partial charge in [0.15, 0.2) is 0 Å². The van der Waals surface area contributed by atoms with Crippen LogP contribution in [-0.2, 0) is 10.9 Å². The van der Waals surface area contributed by atoms with E-state index in [0.29, 0.717) is 5.69 Å². The van der Waals surface area contributed by atoms with Crippen molar-refractivity contribution in [3.05, 3.63) is 52.9 Å². The average molecular weight is 323 g/mol. The molecule has 0 saturated heterocycles. The van der Waals surface area contributed by atoms with E-state index >= 15 is 0 Å². The number of hydrogen-bond acceptors (Lipinski definition) is 5. The van der Waals surface area contributed by atoms with E-state index in [-0.39, 0.29) is 17.1 Å². The second-order valence-corrected chi connectivity index (χ2v) is 4.51. The standard InChI is InChI=1S/C15H12F3N3O2/c1-9-20-8-12(15(16,17)18)13(21-9)4-3-11-7-10(5-6-19-11)14(22)23-2/h3-8H,1-2H3/b4-3+. The van der Waals surface area contributed by atoms with Gasteiger partial charge in [0, 0.05) is 12.4 Å². The summed E-state index contributed by atoms with van der Waals surface area (Å²) in [4.78, 5) is 22.8. The quantitative estimate of drug-likeness (QED) is 0.812. The Morgan fingerprint density at radius 1 is 1.26 bits per heavy atom. The van der Waals surface area contributed by atoms with Crippen LogP contribution in [0.2, 0.25) is 0 Å². The van der Waals surface area contributed by atoms with Gasteiger partial charge in [0.2, 0.25) is 0 Å². The number of halogens is 3. The molecule has 0 radical (unpaired) electrons. The summed E-state index contributed by atoms with van der Waals surface area (Å²) in [5.74, 6) is -0.343. The van der Waals surface area contributed by atoms with Gasteiger partial charge >= 0.3 is 12.1 Å². The highest BCUT2D eigenvalue weighted by molar-refractivity contribution is 5.89. The van der Waals surface area contributed by atoms with Crippen molar-refractivity contribution in [3.63, 3.8) is 0 Å². The zero-order valence-electron chi connectivity index (χ0n) is 12.3. The van der Waals surface area contributed by atoms with Gasteiger partial charge in [-0.2, -0.15) is 13.2 Å². The average Bonchev–Trinajstić information content (AvgIpc) is 2.51. The van der Waals surface area contributed by atoms with Crippen molar-refractivity contribution in [2.24, 2.45) is 0 Å². The molecule has 2 heterocycles. The van der Waals surface area contributed by atoms with Crippen LogP contribution in [0.25, 0.3) is 12.2 Å². The van der Waals surface area contributed by atoms with Gasteiger partial charge in [0.25, 0.3) is 0 Å². The predicted molar refractivity (Wildman–Crippen MR) is 76.3 cm³/mol. The largest absolute Gasteiger partial charge is 0.465 e. The van der Waals surface area contributed by atoms with E-state index in [0.717, 1.165) is 6.20 Å². The van der Waals surface area contributed by atoms with Gasteiger partial charge in [-0.05, 0) is 31.2 Å². The fraction of sp³-hybridized carbons (Fsp3) is 0.200.